The minimum Gasteiger partial charge on any atom is -0.338 e. The second-order valence-electron chi connectivity index (χ2n) is 4.04. The molecular formula is C14H15N3O. The highest BCUT2D eigenvalue weighted by molar-refractivity contribution is 5.91. The highest BCUT2D eigenvalue weighted by Crippen LogP contribution is 2.04. The first kappa shape index (κ1) is 12.1. The van der Waals surface area contributed by atoms with Crippen molar-refractivity contribution in [2.24, 2.45) is 0 Å². The lowest BCUT2D eigenvalue weighted by atomic mass is 10.2. The first-order valence-electron chi connectivity index (χ1n) is 5.71. The van der Waals surface area contributed by atoms with Crippen LogP contribution in [0.3, 0.4) is 0 Å². The van der Waals surface area contributed by atoms with Crippen molar-refractivity contribution < 1.29 is 4.79 Å². The highest BCUT2D eigenvalue weighted by atomic mass is 16.2. The van der Waals surface area contributed by atoms with Crippen LogP contribution in [0.1, 0.15) is 11.1 Å². The fraction of sp³-hybridized carbons (Fsp3) is 0.143. The van der Waals surface area contributed by atoms with Gasteiger partial charge in [0.05, 0.1) is 6.20 Å². The molecule has 92 valence electrons. The molecule has 4 heteroatoms. The van der Waals surface area contributed by atoms with Crippen molar-refractivity contribution in [2.45, 2.75) is 6.54 Å². The van der Waals surface area contributed by atoms with Gasteiger partial charge in [0, 0.05) is 31.4 Å². The van der Waals surface area contributed by atoms with Crippen molar-refractivity contribution in [1.29, 1.82) is 0 Å². The summed E-state index contributed by atoms with van der Waals surface area (Å²) in [5, 5.41) is 6.57. The van der Waals surface area contributed by atoms with Crippen molar-refractivity contribution >= 4 is 12.0 Å². The van der Waals surface area contributed by atoms with Gasteiger partial charge in [0.15, 0.2) is 0 Å². The summed E-state index contributed by atoms with van der Waals surface area (Å²) in [5.74, 6) is -0.0277. The smallest absolute Gasteiger partial charge is 0.246 e. The molecule has 2 aromatic rings. The van der Waals surface area contributed by atoms with Gasteiger partial charge in [-0.3, -0.25) is 9.89 Å². The molecule has 1 amide bonds. The Morgan fingerprint density at radius 2 is 2.17 bits per heavy atom. The van der Waals surface area contributed by atoms with Crippen molar-refractivity contribution in [3.05, 3.63) is 59.9 Å². The van der Waals surface area contributed by atoms with E-state index in [0.29, 0.717) is 6.54 Å². The Labute approximate surface area is 106 Å². The van der Waals surface area contributed by atoms with Crippen molar-refractivity contribution in [3.63, 3.8) is 0 Å². The fourth-order valence-electron chi connectivity index (χ4n) is 1.57. The molecule has 18 heavy (non-hydrogen) atoms. The number of likely N-dealkylation sites (N-methyl/N-ethyl adjacent to an activating group) is 1. The lowest BCUT2D eigenvalue weighted by Gasteiger charge is -2.13. The summed E-state index contributed by atoms with van der Waals surface area (Å²) in [6.07, 6.45) is 6.89. The Kier molecular flexibility index (Phi) is 3.91. The molecule has 0 radical (unpaired) electrons. The van der Waals surface area contributed by atoms with Gasteiger partial charge in [0.2, 0.25) is 5.91 Å². The summed E-state index contributed by atoms with van der Waals surface area (Å²) < 4.78 is 0. The average molecular weight is 241 g/mol. The highest BCUT2D eigenvalue weighted by Gasteiger charge is 2.05. The molecular weight excluding hydrogens is 226 g/mol. The fourth-order valence-corrected chi connectivity index (χ4v) is 1.57. The van der Waals surface area contributed by atoms with E-state index in [9.17, 15) is 4.79 Å². The van der Waals surface area contributed by atoms with Gasteiger partial charge in [0.25, 0.3) is 0 Å². The van der Waals surface area contributed by atoms with E-state index in [1.54, 1.807) is 30.4 Å². The Balaban J connectivity index is 1.93. The molecule has 0 spiro atoms. The van der Waals surface area contributed by atoms with Crippen LogP contribution in [0.15, 0.2) is 48.8 Å². The van der Waals surface area contributed by atoms with Crippen LogP contribution in [0.5, 0.6) is 0 Å². The zero-order valence-electron chi connectivity index (χ0n) is 10.2. The molecule has 0 fully saturated rings. The third-order valence-electron chi connectivity index (χ3n) is 2.57. The lowest BCUT2D eigenvalue weighted by molar-refractivity contribution is -0.125. The number of nitrogens with one attached hydrogen (secondary N) is 1. The van der Waals surface area contributed by atoms with E-state index in [-0.39, 0.29) is 5.91 Å². The molecule has 4 nitrogen and oxygen atoms in total. The molecule has 0 saturated heterocycles. The zero-order valence-corrected chi connectivity index (χ0v) is 10.2. The van der Waals surface area contributed by atoms with Crippen LogP contribution >= 0.6 is 0 Å². The molecule has 1 aromatic carbocycles. The monoisotopic (exact) mass is 241 g/mol. The van der Waals surface area contributed by atoms with Gasteiger partial charge in [-0.25, -0.2) is 0 Å². The van der Waals surface area contributed by atoms with E-state index < -0.39 is 0 Å². The summed E-state index contributed by atoms with van der Waals surface area (Å²) in [6.45, 7) is 0.550. The van der Waals surface area contributed by atoms with Gasteiger partial charge in [0.1, 0.15) is 0 Å². The van der Waals surface area contributed by atoms with Gasteiger partial charge in [-0.2, -0.15) is 5.10 Å². The molecule has 1 N–H and O–H groups in total. The standard InChI is InChI=1S/C14H15N3O/c1-17(11-13-9-15-16-10-13)14(18)8-7-12-5-3-2-4-6-12/h2-10H,11H2,1H3,(H,15,16). The minimum absolute atomic E-state index is 0.0277. The topological polar surface area (TPSA) is 49.0 Å². The largest absolute Gasteiger partial charge is 0.338 e. The molecule has 0 aliphatic heterocycles. The van der Waals surface area contributed by atoms with Gasteiger partial charge in [-0.05, 0) is 11.6 Å². The maximum atomic E-state index is 11.9. The molecule has 0 unspecified atom stereocenters. The van der Waals surface area contributed by atoms with Gasteiger partial charge in [-0.1, -0.05) is 30.3 Å². The second-order valence-corrected chi connectivity index (χ2v) is 4.04. The Morgan fingerprint density at radius 1 is 1.39 bits per heavy atom. The normalized spacial score (nSPS) is 10.7. The third kappa shape index (κ3) is 3.31. The van der Waals surface area contributed by atoms with Crippen molar-refractivity contribution in [2.75, 3.05) is 7.05 Å². The zero-order chi connectivity index (χ0) is 12.8. The van der Waals surface area contributed by atoms with Crippen LogP contribution in [0.4, 0.5) is 0 Å². The Bertz CT molecular complexity index is 517. The first-order chi connectivity index (χ1) is 8.75. The predicted molar refractivity (Wildman–Crippen MR) is 70.5 cm³/mol. The van der Waals surface area contributed by atoms with Crippen LogP contribution in [0, 0.1) is 0 Å². The van der Waals surface area contributed by atoms with Crippen LogP contribution < -0.4 is 0 Å². The Hall–Kier alpha value is -2.36. The number of hydrogen-bond donors (Lipinski definition) is 1. The number of aromatic amines is 1. The molecule has 2 rings (SSSR count). The van der Waals surface area contributed by atoms with Crippen molar-refractivity contribution in [1.82, 2.24) is 15.1 Å². The molecule has 0 aliphatic carbocycles. The maximum absolute atomic E-state index is 11.9. The summed E-state index contributed by atoms with van der Waals surface area (Å²) in [7, 11) is 1.77. The predicted octanol–water partition coefficient (Wildman–Crippen LogP) is 2.08. The lowest BCUT2D eigenvalue weighted by Crippen LogP contribution is -2.23. The minimum atomic E-state index is -0.0277. The molecule has 1 aromatic heterocycles. The molecule has 1 heterocycles. The number of carbonyl (C=O) groups is 1. The molecule has 0 aliphatic rings. The van der Waals surface area contributed by atoms with E-state index in [1.165, 1.54) is 0 Å². The molecule has 0 saturated carbocycles. The van der Waals surface area contributed by atoms with Crippen molar-refractivity contribution in [3.8, 4) is 0 Å². The summed E-state index contributed by atoms with van der Waals surface area (Å²) in [4.78, 5) is 13.5. The first-order valence-corrected chi connectivity index (χ1v) is 5.71. The molecule has 0 atom stereocenters. The van der Waals surface area contributed by atoms with E-state index >= 15 is 0 Å². The van der Waals surface area contributed by atoms with Crippen LogP contribution in [-0.4, -0.2) is 28.1 Å². The van der Waals surface area contributed by atoms with E-state index in [1.807, 2.05) is 36.4 Å². The number of H-pyrrole nitrogens is 1. The van der Waals surface area contributed by atoms with Crippen LogP contribution in [0.25, 0.3) is 6.08 Å². The SMILES string of the molecule is CN(Cc1cn[nH]c1)C(=O)C=Cc1ccccc1. The summed E-state index contributed by atoms with van der Waals surface area (Å²) in [5.41, 5.74) is 2.00. The number of rotatable bonds is 4. The van der Waals surface area contributed by atoms with E-state index in [0.717, 1.165) is 11.1 Å². The molecule has 0 bridgehead atoms. The van der Waals surface area contributed by atoms with Gasteiger partial charge >= 0.3 is 0 Å². The summed E-state index contributed by atoms with van der Waals surface area (Å²) in [6, 6.07) is 9.75. The summed E-state index contributed by atoms with van der Waals surface area (Å²) >= 11 is 0. The average Bonchev–Trinajstić information content (AvgIpc) is 2.90. The van der Waals surface area contributed by atoms with Gasteiger partial charge < -0.3 is 4.90 Å². The van der Waals surface area contributed by atoms with E-state index in [4.69, 9.17) is 0 Å². The number of hydrogen-bond acceptors (Lipinski definition) is 2. The maximum Gasteiger partial charge on any atom is 0.246 e. The number of nitrogens with zero attached hydrogens (tertiary/aromatic N) is 2. The van der Waals surface area contributed by atoms with Crippen LogP contribution in [-0.2, 0) is 11.3 Å². The third-order valence-corrected chi connectivity index (χ3v) is 2.57. The number of benzene rings is 1. The Morgan fingerprint density at radius 3 is 2.83 bits per heavy atom. The quantitative estimate of drug-likeness (QED) is 0.833. The number of aromatic nitrogens is 2. The van der Waals surface area contributed by atoms with Crippen LogP contribution in [0.2, 0.25) is 0 Å². The second kappa shape index (κ2) is 5.82. The number of amides is 1. The van der Waals surface area contributed by atoms with E-state index in [2.05, 4.69) is 10.2 Å². The van der Waals surface area contributed by atoms with Gasteiger partial charge in [-0.15, -0.1) is 0 Å². The number of carbonyl (C=O) groups excluding carboxylic acids is 1.